The van der Waals surface area contributed by atoms with E-state index in [0.717, 1.165) is 38.5 Å². The molecule has 4 unspecified atom stereocenters. The summed E-state index contributed by atoms with van der Waals surface area (Å²) < 4.78 is 0. The lowest BCUT2D eigenvalue weighted by Gasteiger charge is -2.27. The molecule has 0 aromatic carbocycles. The number of allylic oxidation sites excluding steroid dienone is 6. The monoisotopic (exact) mass is 944 g/mol. The second kappa shape index (κ2) is 55.5. The van der Waals surface area contributed by atoms with E-state index in [1.165, 1.54) is 244 Å². The number of aliphatic hydroxyl groups excluding tert-OH is 4. The van der Waals surface area contributed by atoms with Crippen molar-refractivity contribution < 1.29 is 25.2 Å². The van der Waals surface area contributed by atoms with E-state index >= 15 is 0 Å². The number of aliphatic hydroxyl groups is 4. The molecule has 0 bridgehead atoms. The Morgan fingerprint density at radius 2 is 0.627 bits per heavy atom. The van der Waals surface area contributed by atoms with E-state index in [1.54, 1.807) is 0 Å². The van der Waals surface area contributed by atoms with Gasteiger partial charge in [-0.1, -0.05) is 275 Å². The molecule has 0 aromatic rings. The number of hydrogen-bond acceptors (Lipinski definition) is 5. The van der Waals surface area contributed by atoms with Gasteiger partial charge in [0.15, 0.2) is 0 Å². The van der Waals surface area contributed by atoms with Crippen molar-refractivity contribution in [2.45, 2.75) is 340 Å². The SMILES string of the molecule is CCCCCCCCCCCCCC/C=C\CCCCCCCCCCCCCCC(O)C(=O)NC(CO)C(O)C(O)CCC/C=C/CC/C=C/CCCCCCCCCCCCCCCC. The molecular formula is C61H117NO5. The third kappa shape index (κ3) is 49.3. The molecular weight excluding hydrogens is 827 g/mol. The first-order valence-electron chi connectivity index (χ1n) is 29.9. The minimum absolute atomic E-state index is 0.361. The fourth-order valence-electron chi connectivity index (χ4n) is 9.36. The minimum atomic E-state index is -1.29. The summed E-state index contributed by atoms with van der Waals surface area (Å²) in [5.74, 6) is -0.594. The Morgan fingerprint density at radius 1 is 0.358 bits per heavy atom. The molecule has 67 heavy (non-hydrogen) atoms. The number of rotatable bonds is 55. The van der Waals surface area contributed by atoms with E-state index in [1.807, 2.05) is 0 Å². The maximum atomic E-state index is 12.6. The van der Waals surface area contributed by atoms with Gasteiger partial charge in [-0.3, -0.25) is 4.79 Å². The summed E-state index contributed by atoms with van der Waals surface area (Å²) in [5.41, 5.74) is 0. The Balaban J connectivity index is 3.65. The van der Waals surface area contributed by atoms with E-state index in [9.17, 15) is 25.2 Å². The molecule has 5 N–H and O–H groups in total. The van der Waals surface area contributed by atoms with Crippen molar-refractivity contribution >= 4 is 5.91 Å². The molecule has 0 spiro atoms. The third-order valence-corrected chi connectivity index (χ3v) is 14.1. The largest absolute Gasteiger partial charge is 0.394 e. The Hall–Kier alpha value is -1.47. The van der Waals surface area contributed by atoms with Crippen LogP contribution < -0.4 is 5.32 Å². The van der Waals surface area contributed by atoms with E-state index in [-0.39, 0.29) is 0 Å². The van der Waals surface area contributed by atoms with E-state index < -0.39 is 36.9 Å². The first kappa shape index (κ1) is 65.5. The average Bonchev–Trinajstić information content (AvgIpc) is 3.33. The number of carbonyl (C=O) groups excluding carboxylic acids is 1. The van der Waals surface area contributed by atoms with Gasteiger partial charge in [0, 0.05) is 0 Å². The summed E-state index contributed by atoms with van der Waals surface area (Å²) in [5, 5.41) is 44.0. The van der Waals surface area contributed by atoms with Crippen LogP contribution in [0.5, 0.6) is 0 Å². The molecule has 0 saturated carbocycles. The summed E-state index contributed by atoms with van der Waals surface area (Å²) in [7, 11) is 0. The van der Waals surface area contributed by atoms with Crippen LogP contribution in [0.2, 0.25) is 0 Å². The van der Waals surface area contributed by atoms with Crippen LogP contribution in [0.15, 0.2) is 36.5 Å². The van der Waals surface area contributed by atoms with Gasteiger partial charge in [-0.15, -0.1) is 0 Å². The number of carbonyl (C=O) groups is 1. The number of amides is 1. The molecule has 0 saturated heterocycles. The predicted octanol–water partition coefficient (Wildman–Crippen LogP) is 17.6. The van der Waals surface area contributed by atoms with Crippen LogP contribution in [-0.4, -0.2) is 57.3 Å². The zero-order valence-electron chi connectivity index (χ0n) is 44.9. The Labute approximate surface area is 417 Å². The maximum absolute atomic E-state index is 12.6. The van der Waals surface area contributed by atoms with Crippen molar-refractivity contribution in [1.29, 1.82) is 0 Å². The van der Waals surface area contributed by atoms with Crippen molar-refractivity contribution in [3.63, 3.8) is 0 Å². The van der Waals surface area contributed by atoms with Crippen LogP contribution in [0, 0.1) is 0 Å². The number of hydrogen-bond donors (Lipinski definition) is 5. The lowest BCUT2D eigenvalue weighted by atomic mass is 10.00. The highest BCUT2D eigenvalue weighted by Crippen LogP contribution is 2.17. The van der Waals surface area contributed by atoms with E-state index in [4.69, 9.17) is 0 Å². The summed E-state index contributed by atoms with van der Waals surface area (Å²) in [6, 6.07) is -1.01. The molecule has 4 atom stereocenters. The second-order valence-corrected chi connectivity index (χ2v) is 20.7. The molecule has 6 heteroatoms. The van der Waals surface area contributed by atoms with Gasteiger partial charge in [0.05, 0.1) is 18.8 Å². The average molecular weight is 945 g/mol. The second-order valence-electron chi connectivity index (χ2n) is 20.7. The zero-order valence-corrected chi connectivity index (χ0v) is 44.9. The molecule has 0 radical (unpaired) electrons. The van der Waals surface area contributed by atoms with Crippen LogP contribution in [0.4, 0.5) is 0 Å². The quantitative estimate of drug-likeness (QED) is 0.0308. The summed E-state index contributed by atoms with van der Waals surface area (Å²) >= 11 is 0. The maximum Gasteiger partial charge on any atom is 0.249 e. The lowest BCUT2D eigenvalue weighted by molar-refractivity contribution is -0.132. The van der Waals surface area contributed by atoms with Crippen molar-refractivity contribution in [3.05, 3.63) is 36.5 Å². The topological polar surface area (TPSA) is 110 Å². The van der Waals surface area contributed by atoms with Gasteiger partial charge < -0.3 is 25.7 Å². The lowest BCUT2D eigenvalue weighted by Crippen LogP contribution is -2.53. The fourth-order valence-corrected chi connectivity index (χ4v) is 9.36. The minimum Gasteiger partial charge on any atom is -0.394 e. The van der Waals surface area contributed by atoms with Gasteiger partial charge in [-0.2, -0.15) is 0 Å². The van der Waals surface area contributed by atoms with Gasteiger partial charge in [0.1, 0.15) is 12.2 Å². The first-order valence-corrected chi connectivity index (χ1v) is 29.9. The first-order chi connectivity index (χ1) is 33.0. The van der Waals surface area contributed by atoms with E-state index in [0.29, 0.717) is 19.3 Å². The van der Waals surface area contributed by atoms with Crippen molar-refractivity contribution in [1.82, 2.24) is 5.32 Å². The molecule has 1 amide bonds. The standard InChI is InChI=1S/C61H117NO5/c1-3-5-7-9-11-13-15-17-19-21-23-25-27-28-29-30-31-33-35-37-39-41-43-45-47-49-51-53-55-59(65)61(67)62-57(56-63)60(66)58(64)54-52-50-48-46-44-42-40-38-36-34-32-26-24-22-20-18-16-14-12-10-8-6-4-2/h28-29,38,40,46,48,57-60,63-66H,3-27,30-37,39,41-45,47,49-56H2,1-2H3,(H,62,67)/b29-28-,40-38+,48-46+. The molecule has 0 rings (SSSR count). The highest BCUT2D eigenvalue weighted by Gasteiger charge is 2.28. The van der Waals surface area contributed by atoms with Crippen LogP contribution >= 0.6 is 0 Å². The molecule has 0 fully saturated rings. The highest BCUT2D eigenvalue weighted by molar-refractivity contribution is 5.80. The normalized spacial score (nSPS) is 13.9. The van der Waals surface area contributed by atoms with Crippen molar-refractivity contribution in [2.24, 2.45) is 0 Å². The fraction of sp³-hybridized carbons (Fsp3) is 0.885. The smallest absolute Gasteiger partial charge is 0.249 e. The summed E-state index contributed by atoms with van der Waals surface area (Å²) in [4.78, 5) is 12.6. The van der Waals surface area contributed by atoms with Crippen molar-refractivity contribution in [2.75, 3.05) is 6.61 Å². The Kier molecular flexibility index (Phi) is 54.2. The zero-order chi connectivity index (χ0) is 48.8. The highest BCUT2D eigenvalue weighted by atomic mass is 16.3. The molecule has 0 aliphatic heterocycles. The third-order valence-electron chi connectivity index (χ3n) is 14.1. The molecule has 0 heterocycles. The van der Waals surface area contributed by atoms with Crippen LogP contribution in [0.25, 0.3) is 0 Å². The summed E-state index contributed by atoms with van der Waals surface area (Å²) in [6.07, 6.45) is 69.4. The molecule has 396 valence electrons. The Bertz CT molecular complexity index is 1060. The van der Waals surface area contributed by atoms with Crippen LogP contribution in [0.1, 0.15) is 316 Å². The predicted molar refractivity (Wildman–Crippen MR) is 293 cm³/mol. The molecule has 0 aromatic heterocycles. The Morgan fingerprint density at radius 3 is 0.940 bits per heavy atom. The van der Waals surface area contributed by atoms with E-state index in [2.05, 4.69) is 55.6 Å². The number of unbranched alkanes of at least 4 members (excludes halogenated alkanes) is 40. The van der Waals surface area contributed by atoms with Gasteiger partial charge in [-0.25, -0.2) is 0 Å². The molecule has 0 aliphatic rings. The molecule has 6 nitrogen and oxygen atoms in total. The summed E-state index contributed by atoms with van der Waals surface area (Å²) in [6.45, 7) is 4.08. The van der Waals surface area contributed by atoms with Gasteiger partial charge >= 0.3 is 0 Å². The molecule has 0 aliphatic carbocycles. The number of nitrogens with one attached hydrogen (secondary N) is 1. The van der Waals surface area contributed by atoms with Crippen molar-refractivity contribution in [3.8, 4) is 0 Å². The van der Waals surface area contributed by atoms with Crippen LogP contribution in [-0.2, 0) is 4.79 Å². The van der Waals surface area contributed by atoms with Gasteiger partial charge in [-0.05, 0) is 77.0 Å². The van der Waals surface area contributed by atoms with Crippen LogP contribution in [0.3, 0.4) is 0 Å². The van der Waals surface area contributed by atoms with Gasteiger partial charge in [0.2, 0.25) is 5.91 Å². The van der Waals surface area contributed by atoms with Gasteiger partial charge in [0.25, 0.3) is 0 Å².